The number of benzene rings is 1. The molecular formula is C20H22BrN3O4. The molecule has 2 heterocycles. The number of methoxy groups -OCH3 is 1. The van der Waals surface area contributed by atoms with Crippen LogP contribution in [0.5, 0.6) is 5.75 Å². The summed E-state index contributed by atoms with van der Waals surface area (Å²) in [6.45, 7) is 2.60. The van der Waals surface area contributed by atoms with Crippen molar-refractivity contribution in [2.75, 3.05) is 25.5 Å². The second-order valence-corrected chi connectivity index (χ2v) is 7.52. The number of hydrogen-bond donors (Lipinski definition) is 2. The van der Waals surface area contributed by atoms with Gasteiger partial charge in [0, 0.05) is 30.9 Å². The maximum absolute atomic E-state index is 12.7. The Morgan fingerprint density at radius 1 is 1.25 bits per heavy atom. The van der Waals surface area contributed by atoms with E-state index in [9.17, 15) is 14.4 Å². The molecule has 3 rings (SSSR count). The number of para-hydroxylation sites is 2. The maximum atomic E-state index is 12.7. The molecule has 1 fully saturated rings. The van der Waals surface area contributed by atoms with Crippen LogP contribution in [0.2, 0.25) is 0 Å². The highest BCUT2D eigenvalue weighted by Crippen LogP contribution is 2.26. The van der Waals surface area contributed by atoms with Crippen LogP contribution in [-0.4, -0.2) is 41.9 Å². The van der Waals surface area contributed by atoms with E-state index in [0.717, 1.165) is 0 Å². The smallest absolute Gasteiger partial charge is 0.259 e. The standard InChI is InChI=1S/C20H22BrN3O4/c1-12-17(21)18(25)14(11-22-12)20(27)24-9-7-13(8-10-24)19(26)23-15-5-3-4-6-16(15)28-2/h3-6,11,13H,7-10H2,1-2H3,(H,22,25)(H,23,26). The van der Waals surface area contributed by atoms with Crippen LogP contribution in [0.4, 0.5) is 5.69 Å². The van der Waals surface area contributed by atoms with Crippen LogP contribution >= 0.6 is 15.9 Å². The van der Waals surface area contributed by atoms with E-state index in [2.05, 4.69) is 26.2 Å². The summed E-state index contributed by atoms with van der Waals surface area (Å²) < 4.78 is 5.62. The van der Waals surface area contributed by atoms with Crippen LogP contribution in [0.3, 0.4) is 0 Å². The zero-order chi connectivity index (χ0) is 20.3. The van der Waals surface area contributed by atoms with Crippen LogP contribution in [0.1, 0.15) is 28.9 Å². The van der Waals surface area contributed by atoms with E-state index in [1.54, 1.807) is 31.1 Å². The molecule has 2 N–H and O–H groups in total. The molecule has 7 nitrogen and oxygen atoms in total. The number of halogens is 1. The van der Waals surface area contributed by atoms with E-state index < -0.39 is 0 Å². The Bertz CT molecular complexity index is 949. The number of aryl methyl sites for hydroxylation is 1. The number of likely N-dealkylation sites (tertiary alicyclic amines) is 1. The van der Waals surface area contributed by atoms with Gasteiger partial charge in [-0.05, 0) is 47.8 Å². The van der Waals surface area contributed by atoms with Crippen molar-refractivity contribution in [3.8, 4) is 5.75 Å². The molecule has 1 saturated heterocycles. The van der Waals surface area contributed by atoms with E-state index in [0.29, 0.717) is 47.5 Å². The number of rotatable bonds is 4. The van der Waals surface area contributed by atoms with Gasteiger partial charge in [0.05, 0.1) is 17.3 Å². The van der Waals surface area contributed by atoms with Crippen LogP contribution in [0, 0.1) is 12.8 Å². The second-order valence-electron chi connectivity index (χ2n) is 6.73. The van der Waals surface area contributed by atoms with E-state index in [4.69, 9.17) is 4.74 Å². The fourth-order valence-electron chi connectivity index (χ4n) is 3.25. The van der Waals surface area contributed by atoms with Gasteiger partial charge in [-0.1, -0.05) is 12.1 Å². The Balaban J connectivity index is 1.63. The predicted molar refractivity (Wildman–Crippen MR) is 110 cm³/mol. The molecule has 0 saturated carbocycles. The molecule has 2 aromatic rings. The third-order valence-corrected chi connectivity index (χ3v) is 5.91. The minimum Gasteiger partial charge on any atom is -0.495 e. The number of pyridine rings is 1. The largest absolute Gasteiger partial charge is 0.495 e. The van der Waals surface area contributed by atoms with Gasteiger partial charge in [-0.3, -0.25) is 14.4 Å². The molecule has 8 heteroatoms. The Morgan fingerprint density at radius 3 is 2.61 bits per heavy atom. The summed E-state index contributed by atoms with van der Waals surface area (Å²) in [5.74, 6) is 0.00250. The fraction of sp³-hybridized carbons (Fsp3) is 0.350. The minimum atomic E-state index is -0.322. The van der Waals surface area contributed by atoms with Gasteiger partial charge in [-0.25, -0.2) is 0 Å². The third kappa shape index (κ3) is 4.11. The number of amides is 2. The number of nitrogens with zero attached hydrogens (tertiary/aromatic N) is 1. The van der Waals surface area contributed by atoms with Crippen molar-refractivity contribution in [1.29, 1.82) is 0 Å². The lowest BCUT2D eigenvalue weighted by molar-refractivity contribution is -0.121. The maximum Gasteiger partial charge on any atom is 0.259 e. The van der Waals surface area contributed by atoms with E-state index in [-0.39, 0.29) is 28.7 Å². The van der Waals surface area contributed by atoms with Gasteiger partial charge in [0.25, 0.3) is 5.91 Å². The van der Waals surface area contributed by atoms with E-state index in [1.807, 2.05) is 12.1 Å². The fourth-order valence-corrected chi connectivity index (χ4v) is 3.58. The topological polar surface area (TPSA) is 91.5 Å². The number of carbonyl (C=O) groups is 2. The predicted octanol–water partition coefficient (Wildman–Crippen LogP) is 2.95. The summed E-state index contributed by atoms with van der Waals surface area (Å²) in [5.41, 5.74) is 1.09. The summed E-state index contributed by atoms with van der Waals surface area (Å²) in [6.07, 6.45) is 2.53. The first-order chi connectivity index (χ1) is 13.4. The van der Waals surface area contributed by atoms with Crippen molar-refractivity contribution >= 4 is 33.4 Å². The SMILES string of the molecule is COc1ccccc1NC(=O)C1CCN(C(=O)c2c[nH]c(C)c(Br)c2=O)CC1. The third-order valence-electron chi connectivity index (χ3n) is 4.95. The summed E-state index contributed by atoms with van der Waals surface area (Å²) in [4.78, 5) is 42.2. The molecule has 0 radical (unpaired) electrons. The quantitative estimate of drug-likeness (QED) is 0.753. The normalized spacial score (nSPS) is 14.6. The van der Waals surface area contributed by atoms with Crippen LogP contribution in [-0.2, 0) is 4.79 Å². The van der Waals surface area contributed by atoms with E-state index >= 15 is 0 Å². The zero-order valence-electron chi connectivity index (χ0n) is 15.8. The van der Waals surface area contributed by atoms with Crippen LogP contribution in [0.15, 0.2) is 39.7 Å². The van der Waals surface area contributed by atoms with Gasteiger partial charge in [-0.2, -0.15) is 0 Å². The van der Waals surface area contributed by atoms with Crippen LogP contribution in [0.25, 0.3) is 0 Å². The van der Waals surface area contributed by atoms with Crippen molar-refractivity contribution in [1.82, 2.24) is 9.88 Å². The summed E-state index contributed by atoms with van der Waals surface area (Å²) in [5, 5.41) is 2.90. The molecular weight excluding hydrogens is 426 g/mol. The lowest BCUT2D eigenvalue weighted by atomic mass is 9.95. The van der Waals surface area contributed by atoms with Gasteiger partial charge in [0.1, 0.15) is 11.3 Å². The number of ether oxygens (including phenoxy) is 1. The average molecular weight is 448 g/mol. The van der Waals surface area contributed by atoms with Gasteiger partial charge in [0.15, 0.2) is 0 Å². The van der Waals surface area contributed by atoms with Crippen molar-refractivity contribution in [3.63, 3.8) is 0 Å². The Labute approximate surface area is 171 Å². The molecule has 0 unspecified atom stereocenters. The number of aromatic amines is 1. The summed E-state index contributed by atoms with van der Waals surface area (Å²) >= 11 is 3.22. The number of carbonyl (C=O) groups excluding carboxylic acids is 2. The molecule has 0 spiro atoms. The first-order valence-corrected chi connectivity index (χ1v) is 9.82. The molecule has 1 aromatic heterocycles. The number of H-pyrrole nitrogens is 1. The van der Waals surface area contributed by atoms with Gasteiger partial charge in [-0.15, -0.1) is 0 Å². The van der Waals surface area contributed by atoms with Crippen molar-refractivity contribution in [2.45, 2.75) is 19.8 Å². The molecule has 1 aliphatic rings. The monoisotopic (exact) mass is 447 g/mol. The van der Waals surface area contributed by atoms with Gasteiger partial charge >= 0.3 is 0 Å². The zero-order valence-corrected chi connectivity index (χ0v) is 17.3. The van der Waals surface area contributed by atoms with Gasteiger partial charge < -0.3 is 19.9 Å². The number of nitrogens with one attached hydrogen (secondary N) is 2. The lowest BCUT2D eigenvalue weighted by Gasteiger charge is -2.31. The highest BCUT2D eigenvalue weighted by atomic mass is 79.9. The number of anilines is 1. The summed E-state index contributed by atoms with van der Waals surface area (Å²) in [6, 6.07) is 7.24. The molecule has 1 aliphatic heterocycles. The second kappa shape index (κ2) is 8.60. The molecule has 0 atom stereocenters. The number of piperidine rings is 1. The van der Waals surface area contributed by atoms with Gasteiger partial charge in [0.2, 0.25) is 11.3 Å². The minimum absolute atomic E-state index is 0.0903. The Kier molecular flexibility index (Phi) is 6.18. The number of aromatic nitrogens is 1. The van der Waals surface area contributed by atoms with Crippen molar-refractivity contribution < 1.29 is 14.3 Å². The molecule has 2 amide bonds. The molecule has 28 heavy (non-hydrogen) atoms. The summed E-state index contributed by atoms with van der Waals surface area (Å²) in [7, 11) is 1.56. The van der Waals surface area contributed by atoms with Crippen molar-refractivity contribution in [3.05, 3.63) is 56.4 Å². The first-order valence-electron chi connectivity index (χ1n) is 9.03. The van der Waals surface area contributed by atoms with Crippen LogP contribution < -0.4 is 15.5 Å². The molecule has 148 valence electrons. The van der Waals surface area contributed by atoms with E-state index in [1.165, 1.54) is 6.20 Å². The highest BCUT2D eigenvalue weighted by molar-refractivity contribution is 9.10. The lowest BCUT2D eigenvalue weighted by Crippen LogP contribution is -2.43. The Hall–Kier alpha value is -2.61. The molecule has 0 aliphatic carbocycles. The first kappa shape index (κ1) is 20.1. The average Bonchev–Trinajstić information content (AvgIpc) is 2.72. The number of hydrogen-bond acceptors (Lipinski definition) is 4. The highest BCUT2D eigenvalue weighted by Gasteiger charge is 2.29. The van der Waals surface area contributed by atoms with Crippen molar-refractivity contribution in [2.24, 2.45) is 5.92 Å². The Morgan fingerprint density at radius 2 is 1.93 bits per heavy atom. The molecule has 1 aromatic carbocycles. The molecule has 0 bridgehead atoms.